The normalized spacial score (nSPS) is 19.0. The highest BCUT2D eigenvalue weighted by Crippen LogP contribution is 2.46. The maximum atomic E-state index is 14.0. The standard InChI is InChI=1S/C38H58FN6O7P/c1-2-3-4-5-6-7-8-9-10-11-12-13-14-15-20-48-26-33(49-25-31-21-30(24-40)22-32(39)23-31)27-50-53(46,47)51-28-38(42)19-18-36(52-38)34-16-17-35-37(41)43-29-44-45(34)35/h16-17,21-23,29,33,36H,2-15,18-20,25-28,42H2,1H3,(H,46,47)(H2,41,43,44)/t33-,36-,38+/m1/s1. The van der Waals surface area contributed by atoms with Gasteiger partial charge in [-0.1, -0.05) is 90.4 Å². The van der Waals surface area contributed by atoms with Crippen molar-refractivity contribution in [2.24, 2.45) is 5.73 Å². The average molecular weight is 761 g/mol. The number of phosphoric acid groups is 1. The lowest BCUT2D eigenvalue weighted by atomic mass is 10.0. The molecule has 1 aliphatic rings. The Hall–Kier alpha value is -2.99. The van der Waals surface area contributed by atoms with E-state index in [9.17, 15) is 19.1 Å². The van der Waals surface area contributed by atoms with E-state index in [1.165, 1.54) is 89.1 Å². The Morgan fingerprint density at radius 2 is 1.72 bits per heavy atom. The molecule has 1 saturated heterocycles. The molecular weight excluding hydrogens is 702 g/mol. The van der Waals surface area contributed by atoms with Gasteiger partial charge in [0.25, 0.3) is 0 Å². The van der Waals surface area contributed by atoms with Crippen molar-refractivity contribution in [3.05, 3.63) is 59.3 Å². The fourth-order valence-corrected chi connectivity index (χ4v) is 7.29. The van der Waals surface area contributed by atoms with Crippen LogP contribution in [0.2, 0.25) is 0 Å². The molecule has 0 radical (unpaired) electrons. The second-order valence-electron chi connectivity index (χ2n) is 14.0. The Balaban J connectivity index is 1.17. The molecule has 53 heavy (non-hydrogen) atoms. The van der Waals surface area contributed by atoms with Gasteiger partial charge in [-0.25, -0.2) is 18.5 Å². The van der Waals surface area contributed by atoms with E-state index in [4.69, 9.17) is 34.7 Å². The van der Waals surface area contributed by atoms with Crippen molar-refractivity contribution in [2.45, 2.75) is 134 Å². The number of nitriles is 1. The van der Waals surface area contributed by atoms with Crippen LogP contribution in [0.25, 0.3) is 5.52 Å². The summed E-state index contributed by atoms with van der Waals surface area (Å²) in [6.45, 7) is 2.01. The second kappa shape index (κ2) is 22.4. The van der Waals surface area contributed by atoms with Crippen molar-refractivity contribution in [1.82, 2.24) is 14.6 Å². The van der Waals surface area contributed by atoms with E-state index in [0.29, 0.717) is 36.3 Å². The van der Waals surface area contributed by atoms with Crippen molar-refractivity contribution in [2.75, 3.05) is 32.2 Å². The van der Waals surface area contributed by atoms with Crippen LogP contribution in [0.5, 0.6) is 0 Å². The number of aromatic nitrogens is 3. The zero-order chi connectivity index (χ0) is 37.9. The number of rotatable bonds is 27. The smallest absolute Gasteiger partial charge is 0.382 e. The van der Waals surface area contributed by atoms with Crippen LogP contribution >= 0.6 is 7.82 Å². The van der Waals surface area contributed by atoms with Crippen molar-refractivity contribution in [3.8, 4) is 6.07 Å². The minimum absolute atomic E-state index is 0.0641. The predicted octanol–water partition coefficient (Wildman–Crippen LogP) is 8.05. The zero-order valence-corrected chi connectivity index (χ0v) is 32.0. The van der Waals surface area contributed by atoms with Gasteiger partial charge in [0.15, 0.2) is 5.82 Å². The predicted molar refractivity (Wildman–Crippen MR) is 200 cm³/mol. The molecule has 15 heteroatoms. The third-order valence-corrected chi connectivity index (χ3v) is 10.4. The number of fused-ring (bicyclic) bond motifs is 1. The number of unbranched alkanes of at least 4 members (excludes halogenated alkanes) is 13. The van der Waals surface area contributed by atoms with Gasteiger partial charge < -0.3 is 30.6 Å². The number of nitrogens with two attached hydrogens (primary N) is 2. The Bertz CT molecular complexity index is 1620. The highest BCUT2D eigenvalue weighted by Gasteiger charge is 2.41. The number of hydrogen-bond acceptors (Lipinski definition) is 11. The van der Waals surface area contributed by atoms with Gasteiger partial charge in [-0.2, -0.15) is 10.4 Å². The summed E-state index contributed by atoms with van der Waals surface area (Å²) >= 11 is 0. The number of anilines is 1. The molecule has 13 nitrogen and oxygen atoms in total. The van der Waals surface area contributed by atoms with E-state index in [2.05, 4.69) is 17.0 Å². The summed E-state index contributed by atoms with van der Waals surface area (Å²) in [5.74, 6) is -0.234. The zero-order valence-electron chi connectivity index (χ0n) is 31.1. The first kappa shape index (κ1) is 42.7. The maximum absolute atomic E-state index is 14.0. The summed E-state index contributed by atoms with van der Waals surface area (Å²) in [5, 5.41) is 13.5. The quantitative estimate of drug-likeness (QED) is 0.0502. The van der Waals surface area contributed by atoms with Gasteiger partial charge in [-0.15, -0.1) is 0 Å². The highest BCUT2D eigenvalue weighted by molar-refractivity contribution is 7.47. The van der Waals surface area contributed by atoms with Crippen molar-refractivity contribution in [1.29, 1.82) is 5.26 Å². The molecule has 3 aromatic rings. The van der Waals surface area contributed by atoms with Crippen LogP contribution < -0.4 is 11.5 Å². The van der Waals surface area contributed by atoms with E-state index in [1.54, 1.807) is 10.6 Å². The first-order valence-electron chi connectivity index (χ1n) is 19.2. The number of hydrogen-bond donors (Lipinski definition) is 3. The number of nitrogens with zero attached hydrogens (tertiary/aromatic N) is 4. The Labute approximate surface area is 313 Å². The SMILES string of the molecule is CCCCCCCCCCCCCCCCOC[C@H](COP(=O)(O)OC[C@]1(N)CC[C@H](c2ccc3c(N)ncnn23)O1)OCc1cc(F)cc(C#N)c1. The second-order valence-corrected chi connectivity index (χ2v) is 15.5. The van der Waals surface area contributed by atoms with Crippen LogP contribution in [0.1, 0.15) is 133 Å². The Morgan fingerprint density at radius 1 is 1.04 bits per heavy atom. The first-order chi connectivity index (χ1) is 25.6. The molecule has 3 heterocycles. The molecule has 1 fully saturated rings. The van der Waals surface area contributed by atoms with Crippen molar-refractivity contribution >= 4 is 19.2 Å². The lowest BCUT2D eigenvalue weighted by Crippen LogP contribution is -2.43. The minimum Gasteiger partial charge on any atom is -0.382 e. The maximum Gasteiger partial charge on any atom is 0.472 e. The first-order valence-corrected chi connectivity index (χ1v) is 20.7. The molecule has 1 unspecified atom stereocenters. The molecule has 2 aromatic heterocycles. The topological polar surface area (TPSA) is 189 Å². The summed E-state index contributed by atoms with van der Waals surface area (Å²) < 4.78 is 57.0. The number of phosphoric ester groups is 1. The van der Waals surface area contributed by atoms with E-state index in [1.807, 2.05) is 12.1 Å². The Morgan fingerprint density at radius 3 is 2.40 bits per heavy atom. The minimum atomic E-state index is -4.60. The van der Waals surface area contributed by atoms with Gasteiger partial charge >= 0.3 is 7.82 Å². The molecule has 294 valence electrons. The summed E-state index contributed by atoms with van der Waals surface area (Å²) in [4.78, 5) is 14.5. The molecule has 4 atom stereocenters. The van der Waals surface area contributed by atoms with Crippen LogP contribution in [0.4, 0.5) is 10.2 Å². The third-order valence-electron chi connectivity index (χ3n) is 9.46. The summed E-state index contributed by atoms with van der Waals surface area (Å²) in [7, 11) is -4.60. The summed E-state index contributed by atoms with van der Waals surface area (Å²) in [6, 6.07) is 9.45. The lowest BCUT2D eigenvalue weighted by Gasteiger charge is -2.26. The monoisotopic (exact) mass is 760 g/mol. The van der Waals surface area contributed by atoms with E-state index < -0.39 is 38.2 Å². The molecule has 0 amide bonds. The largest absolute Gasteiger partial charge is 0.472 e. The third kappa shape index (κ3) is 15.0. The summed E-state index contributed by atoms with van der Waals surface area (Å²) in [6.07, 6.45) is 18.6. The van der Waals surface area contributed by atoms with Crippen LogP contribution in [0.15, 0.2) is 36.7 Å². The van der Waals surface area contributed by atoms with Gasteiger partial charge in [0.05, 0.1) is 37.1 Å². The molecule has 1 aliphatic heterocycles. The average Bonchev–Trinajstić information content (AvgIpc) is 3.76. The molecule has 0 spiro atoms. The van der Waals surface area contributed by atoms with Crippen molar-refractivity contribution in [3.63, 3.8) is 0 Å². The molecule has 0 saturated carbocycles. The van der Waals surface area contributed by atoms with E-state index in [0.717, 1.165) is 31.0 Å². The highest BCUT2D eigenvalue weighted by atomic mass is 31.2. The molecule has 5 N–H and O–H groups in total. The van der Waals surface area contributed by atoms with Gasteiger partial charge in [0.1, 0.15) is 42.2 Å². The van der Waals surface area contributed by atoms with Crippen molar-refractivity contribution < 1.29 is 37.1 Å². The van der Waals surface area contributed by atoms with E-state index >= 15 is 0 Å². The van der Waals surface area contributed by atoms with Gasteiger partial charge in [0.2, 0.25) is 0 Å². The van der Waals surface area contributed by atoms with Gasteiger partial charge in [-0.05, 0) is 55.2 Å². The number of halogens is 1. The van der Waals surface area contributed by atoms with Crippen LogP contribution in [-0.2, 0) is 34.4 Å². The fourth-order valence-electron chi connectivity index (χ4n) is 6.48. The molecule has 1 aromatic carbocycles. The lowest BCUT2D eigenvalue weighted by molar-refractivity contribution is -0.0771. The van der Waals surface area contributed by atoms with Crippen LogP contribution in [0, 0.1) is 17.1 Å². The molecular formula is C38H58FN6O7P. The molecule has 0 bridgehead atoms. The van der Waals surface area contributed by atoms with Crippen LogP contribution in [0.3, 0.4) is 0 Å². The number of ether oxygens (including phenoxy) is 3. The fraction of sp³-hybridized carbons (Fsp3) is 0.658. The molecule has 4 rings (SSSR count). The van der Waals surface area contributed by atoms with E-state index in [-0.39, 0.29) is 25.4 Å². The van der Waals surface area contributed by atoms with Gasteiger partial charge in [0, 0.05) is 6.61 Å². The van der Waals surface area contributed by atoms with Gasteiger partial charge in [-0.3, -0.25) is 9.05 Å². The number of nitrogen functional groups attached to an aromatic ring is 1. The van der Waals surface area contributed by atoms with Crippen LogP contribution in [-0.4, -0.2) is 57.7 Å². The Kier molecular flexibility index (Phi) is 18.1. The molecule has 0 aliphatic carbocycles. The summed E-state index contributed by atoms with van der Waals surface area (Å²) in [5.41, 5.74) is 13.0. The number of benzene rings is 1.